The molecule has 0 aliphatic rings. The van der Waals surface area contributed by atoms with Gasteiger partial charge in [0.2, 0.25) is 0 Å². The summed E-state index contributed by atoms with van der Waals surface area (Å²) in [5.74, 6) is 0. The van der Waals surface area contributed by atoms with Gasteiger partial charge in [-0.2, -0.15) is 0 Å². The number of hydrogen-bond acceptors (Lipinski definition) is 5. The monoisotopic (exact) mass is 296 g/mol. The van der Waals surface area contributed by atoms with E-state index in [4.69, 9.17) is 20.3 Å². The fourth-order valence-corrected chi connectivity index (χ4v) is 0.0340. The maximum absolute atomic E-state index is 9.11. The van der Waals surface area contributed by atoms with Crippen LogP contribution < -0.4 is 10.0 Å². The zero-order chi connectivity index (χ0) is 11.1. The van der Waals surface area contributed by atoms with Crippen molar-refractivity contribution in [3.63, 3.8) is 0 Å². The topological polar surface area (TPSA) is 95.8 Å². The first-order chi connectivity index (χ1) is 5.66. The molecular weight excluding hydrogens is 280 g/mol. The SMILES string of the molecule is CC(C)(O)C(C)(C)O.[O-]BOB[O-].[Pd+2]. The van der Waals surface area contributed by atoms with E-state index >= 15 is 0 Å². The van der Waals surface area contributed by atoms with Crippen molar-refractivity contribution in [1.82, 2.24) is 0 Å². The summed E-state index contributed by atoms with van der Waals surface area (Å²) in [6.45, 7) is 6.31. The minimum Gasteiger partial charge on any atom is -0.861 e. The van der Waals surface area contributed by atoms with Gasteiger partial charge < -0.3 is 24.8 Å². The van der Waals surface area contributed by atoms with Crippen molar-refractivity contribution in [3.05, 3.63) is 0 Å². The minimum absolute atomic E-state index is 0. The van der Waals surface area contributed by atoms with Crippen LogP contribution in [0.15, 0.2) is 0 Å². The smallest absolute Gasteiger partial charge is 0.861 e. The van der Waals surface area contributed by atoms with Gasteiger partial charge in [0.25, 0.3) is 0 Å². The fraction of sp³-hybridized carbons (Fsp3) is 1.00. The second kappa shape index (κ2) is 8.86. The predicted octanol–water partition coefficient (Wildman–Crippen LogP) is -3.22. The minimum atomic E-state index is -1.01. The van der Waals surface area contributed by atoms with Crippen molar-refractivity contribution in [3.8, 4) is 0 Å². The largest absolute Gasteiger partial charge is 2.00 e. The molecule has 0 fully saturated rings. The molecule has 0 heterocycles. The van der Waals surface area contributed by atoms with Crippen LogP contribution in [0.3, 0.4) is 0 Å². The Morgan fingerprint density at radius 2 is 1.14 bits per heavy atom. The quantitative estimate of drug-likeness (QED) is 0.534. The molecule has 0 saturated heterocycles. The van der Waals surface area contributed by atoms with E-state index in [2.05, 4.69) is 4.57 Å². The number of aliphatic hydroxyl groups is 2. The Balaban J connectivity index is -0.000000177. The van der Waals surface area contributed by atoms with Gasteiger partial charge in [0.1, 0.15) is 15.4 Å². The Kier molecular flexibility index (Phi) is 12.7. The van der Waals surface area contributed by atoms with Gasteiger partial charge in [-0.1, -0.05) is 0 Å². The Bertz CT molecular complexity index is 108. The molecule has 0 amide bonds. The van der Waals surface area contributed by atoms with Gasteiger partial charge in [-0.25, -0.2) is 0 Å². The molecule has 8 heteroatoms. The average Bonchev–Trinajstić information content (AvgIpc) is 1.85. The third kappa shape index (κ3) is 12.6. The number of hydrogen-bond donors (Lipinski definition) is 2. The molecule has 86 valence electrons. The molecule has 2 N–H and O–H groups in total. The molecule has 0 aromatic heterocycles. The van der Waals surface area contributed by atoms with Crippen LogP contribution in [0.2, 0.25) is 0 Å². The molecule has 14 heavy (non-hydrogen) atoms. The summed E-state index contributed by atoms with van der Waals surface area (Å²) in [6, 6.07) is 0. The third-order valence-electron chi connectivity index (χ3n) is 1.66. The van der Waals surface area contributed by atoms with Gasteiger partial charge in [-0.15, -0.1) is 0 Å². The molecule has 0 aliphatic carbocycles. The molecule has 0 aromatic rings. The van der Waals surface area contributed by atoms with Crippen molar-refractivity contribution in [1.29, 1.82) is 0 Å². The average molecular weight is 296 g/mol. The van der Waals surface area contributed by atoms with Gasteiger partial charge in [-0.3, -0.25) is 0 Å². The summed E-state index contributed by atoms with van der Waals surface area (Å²) in [5.41, 5.74) is -2.01. The Labute approximate surface area is 99.8 Å². The molecule has 0 atom stereocenters. The molecule has 5 nitrogen and oxygen atoms in total. The van der Waals surface area contributed by atoms with Crippen LogP contribution in [0.1, 0.15) is 27.7 Å². The van der Waals surface area contributed by atoms with E-state index < -0.39 is 26.6 Å². The van der Waals surface area contributed by atoms with Crippen LogP contribution >= 0.6 is 0 Å². The summed E-state index contributed by atoms with van der Waals surface area (Å²) in [7, 11) is -1.44. The van der Waals surface area contributed by atoms with E-state index in [0.717, 1.165) is 0 Å². The molecule has 0 rings (SSSR count). The van der Waals surface area contributed by atoms with Gasteiger partial charge >= 0.3 is 20.4 Å². The van der Waals surface area contributed by atoms with E-state index in [-0.39, 0.29) is 20.4 Å². The Hall–Kier alpha value is 0.592. The van der Waals surface area contributed by atoms with Crippen LogP contribution in [0.4, 0.5) is 0 Å². The van der Waals surface area contributed by atoms with Crippen molar-refractivity contribution in [2.45, 2.75) is 38.9 Å². The maximum Gasteiger partial charge on any atom is 2.00 e. The zero-order valence-electron chi connectivity index (χ0n) is 8.85. The summed E-state index contributed by atoms with van der Waals surface area (Å²) in [4.78, 5) is 0. The van der Waals surface area contributed by atoms with Gasteiger partial charge in [0, 0.05) is 0 Å². The molecule has 0 unspecified atom stereocenters. The standard InChI is InChI=1S/C6H14O2.B2H2O3.Pd/c1-5(2,7)6(3,4)8;3-1-5-2-4;/h7-8H,1-4H3;1-2H;/q;-2;+2. The van der Waals surface area contributed by atoms with Crippen LogP contribution in [0.25, 0.3) is 0 Å². The molecular formula is C6H16B2O5Pd. The van der Waals surface area contributed by atoms with Gasteiger partial charge in [-0.05, 0) is 27.7 Å². The second-order valence-electron chi connectivity index (χ2n) is 3.56. The van der Waals surface area contributed by atoms with Crippen LogP contribution in [0.5, 0.6) is 0 Å². The summed E-state index contributed by atoms with van der Waals surface area (Å²) in [6.07, 6.45) is 0. The van der Waals surface area contributed by atoms with Gasteiger partial charge in [0.15, 0.2) is 0 Å². The van der Waals surface area contributed by atoms with Crippen molar-refractivity contribution < 1.29 is 45.3 Å². The van der Waals surface area contributed by atoms with Gasteiger partial charge in [0.05, 0.1) is 11.2 Å². The zero-order valence-corrected chi connectivity index (χ0v) is 10.4. The molecule has 0 spiro atoms. The van der Waals surface area contributed by atoms with E-state index in [9.17, 15) is 0 Å². The van der Waals surface area contributed by atoms with E-state index in [1.54, 1.807) is 27.7 Å². The van der Waals surface area contributed by atoms with E-state index in [0.29, 0.717) is 0 Å². The predicted molar refractivity (Wildman–Crippen MR) is 48.0 cm³/mol. The van der Waals surface area contributed by atoms with Crippen LogP contribution in [-0.2, 0) is 25.0 Å². The van der Waals surface area contributed by atoms with Crippen molar-refractivity contribution in [2.24, 2.45) is 0 Å². The Morgan fingerprint density at radius 3 is 1.14 bits per heavy atom. The first-order valence-electron chi connectivity index (χ1n) is 3.85. The molecule has 0 radical (unpaired) electrons. The van der Waals surface area contributed by atoms with Crippen LogP contribution in [0, 0.1) is 0 Å². The summed E-state index contributed by atoms with van der Waals surface area (Å²) < 4.78 is 3.72. The molecule has 0 saturated carbocycles. The second-order valence-corrected chi connectivity index (χ2v) is 3.56. The normalized spacial score (nSPS) is 10.6. The van der Waals surface area contributed by atoms with Crippen molar-refractivity contribution >= 4 is 15.4 Å². The third-order valence-corrected chi connectivity index (χ3v) is 1.66. The fourth-order valence-electron chi connectivity index (χ4n) is 0.0340. The summed E-state index contributed by atoms with van der Waals surface area (Å²) >= 11 is 0. The molecule has 0 aromatic carbocycles. The van der Waals surface area contributed by atoms with E-state index in [1.165, 1.54) is 0 Å². The van der Waals surface area contributed by atoms with E-state index in [1.807, 2.05) is 0 Å². The molecule has 0 bridgehead atoms. The maximum atomic E-state index is 9.11. The first-order valence-corrected chi connectivity index (χ1v) is 3.85. The summed E-state index contributed by atoms with van der Waals surface area (Å²) in [5, 5.41) is 36.4. The first kappa shape index (κ1) is 20.1. The van der Waals surface area contributed by atoms with Crippen molar-refractivity contribution in [2.75, 3.05) is 0 Å². The van der Waals surface area contributed by atoms with Crippen LogP contribution in [-0.4, -0.2) is 36.8 Å². The number of rotatable bonds is 3. The molecule has 0 aliphatic heterocycles. The Morgan fingerprint density at radius 1 is 0.929 bits per heavy atom.